The fraction of sp³-hybridized carbons (Fsp3) is 0.474. The maximum Gasteiger partial charge on any atom is 0.409 e. The minimum Gasteiger partial charge on any atom is -0.471 e. The molecule has 0 saturated carbocycles. The second-order valence-corrected chi connectivity index (χ2v) is 6.72. The van der Waals surface area contributed by atoms with Crippen molar-refractivity contribution in [1.29, 1.82) is 0 Å². The number of ether oxygens (including phenoxy) is 2. The van der Waals surface area contributed by atoms with Gasteiger partial charge in [0.05, 0.1) is 18.7 Å². The first kappa shape index (κ1) is 19.0. The average Bonchev–Trinajstić information content (AvgIpc) is 3.34. The largest absolute Gasteiger partial charge is 0.471 e. The standard InChI is InChI=1S/C19H23N7O3/c1-4-26-16(13-8-20-12(3)21-9-13)24-15-17(26)22-11-23-18(15)29-14-6-7-25(10-14)19(27)28-5-2/h8-9,11,14H,4-7,10H2,1-3H3/t14-/m0/s1. The molecule has 10 nitrogen and oxygen atoms in total. The number of amides is 1. The van der Waals surface area contributed by atoms with E-state index in [1.54, 1.807) is 24.2 Å². The summed E-state index contributed by atoms with van der Waals surface area (Å²) < 4.78 is 13.2. The van der Waals surface area contributed by atoms with Crippen molar-refractivity contribution in [3.8, 4) is 17.3 Å². The van der Waals surface area contributed by atoms with Crippen LogP contribution in [0.5, 0.6) is 5.88 Å². The van der Waals surface area contributed by atoms with E-state index in [1.165, 1.54) is 6.33 Å². The van der Waals surface area contributed by atoms with Crippen molar-refractivity contribution in [2.24, 2.45) is 0 Å². The Bertz CT molecular complexity index is 1020. The molecule has 1 aliphatic rings. The lowest BCUT2D eigenvalue weighted by Crippen LogP contribution is -2.31. The van der Waals surface area contributed by atoms with Gasteiger partial charge in [-0.3, -0.25) is 0 Å². The van der Waals surface area contributed by atoms with Gasteiger partial charge in [-0.2, -0.15) is 4.98 Å². The summed E-state index contributed by atoms with van der Waals surface area (Å²) in [5.74, 6) is 1.82. The molecule has 0 aromatic carbocycles. The van der Waals surface area contributed by atoms with Crippen molar-refractivity contribution in [1.82, 2.24) is 34.4 Å². The summed E-state index contributed by atoms with van der Waals surface area (Å²) in [6.45, 7) is 7.73. The fourth-order valence-corrected chi connectivity index (χ4v) is 3.39. The maximum absolute atomic E-state index is 11.9. The third kappa shape index (κ3) is 3.69. The molecule has 0 aliphatic carbocycles. The molecule has 1 saturated heterocycles. The SMILES string of the molecule is CCOC(=O)N1CC[C@H](Oc2ncnc3c2nc(-c2cnc(C)nc2)n3CC)C1. The molecule has 0 unspecified atom stereocenters. The van der Waals surface area contributed by atoms with Crippen LogP contribution in [0.4, 0.5) is 4.79 Å². The van der Waals surface area contributed by atoms with Gasteiger partial charge in [-0.1, -0.05) is 0 Å². The lowest BCUT2D eigenvalue weighted by molar-refractivity contribution is 0.109. The summed E-state index contributed by atoms with van der Waals surface area (Å²) in [6, 6.07) is 0. The van der Waals surface area contributed by atoms with Crippen molar-refractivity contribution >= 4 is 17.3 Å². The summed E-state index contributed by atoms with van der Waals surface area (Å²) in [4.78, 5) is 35.5. The normalized spacial score (nSPS) is 16.4. The van der Waals surface area contributed by atoms with Gasteiger partial charge in [-0.05, 0) is 20.8 Å². The minimum atomic E-state index is -0.316. The van der Waals surface area contributed by atoms with Crippen molar-refractivity contribution < 1.29 is 14.3 Å². The van der Waals surface area contributed by atoms with E-state index in [2.05, 4.69) is 19.9 Å². The Kier molecular flexibility index (Phi) is 5.24. The predicted molar refractivity (Wildman–Crippen MR) is 104 cm³/mol. The number of fused-ring (bicyclic) bond motifs is 1. The quantitative estimate of drug-likeness (QED) is 0.645. The van der Waals surface area contributed by atoms with Crippen molar-refractivity contribution in [3.63, 3.8) is 0 Å². The van der Waals surface area contributed by atoms with Crippen molar-refractivity contribution in [2.45, 2.75) is 39.8 Å². The molecule has 4 rings (SSSR count). The Balaban J connectivity index is 1.63. The Morgan fingerprint density at radius 1 is 1.21 bits per heavy atom. The minimum absolute atomic E-state index is 0.171. The van der Waals surface area contributed by atoms with E-state index in [9.17, 15) is 4.79 Å². The molecule has 10 heteroatoms. The van der Waals surface area contributed by atoms with E-state index in [0.29, 0.717) is 61.4 Å². The van der Waals surface area contributed by atoms with E-state index in [4.69, 9.17) is 14.5 Å². The first-order valence-electron chi connectivity index (χ1n) is 9.69. The van der Waals surface area contributed by atoms with Gasteiger partial charge in [0.1, 0.15) is 24.1 Å². The van der Waals surface area contributed by atoms with Crippen LogP contribution in [0.1, 0.15) is 26.1 Å². The van der Waals surface area contributed by atoms with Crippen LogP contribution in [0.2, 0.25) is 0 Å². The molecule has 1 amide bonds. The van der Waals surface area contributed by atoms with E-state index < -0.39 is 0 Å². The molecule has 1 aliphatic heterocycles. The van der Waals surface area contributed by atoms with Crippen LogP contribution in [-0.2, 0) is 11.3 Å². The van der Waals surface area contributed by atoms with Crippen LogP contribution in [0.3, 0.4) is 0 Å². The van der Waals surface area contributed by atoms with E-state index in [-0.39, 0.29) is 12.2 Å². The van der Waals surface area contributed by atoms with Gasteiger partial charge < -0.3 is 18.9 Å². The molecule has 3 aromatic rings. The average molecular weight is 397 g/mol. The molecule has 152 valence electrons. The van der Waals surface area contributed by atoms with Crippen molar-refractivity contribution in [3.05, 3.63) is 24.5 Å². The highest BCUT2D eigenvalue weighted by Crippen LogP contribution is 2.28. The molecule has 29 heavy (non-hydrogen) atoms. The summed E-state index contributed by atoms with van der Waals surface area (Å²) in [5, 5.41) is 0. The molecule has 0 spiro atoms. The summed E-state index contributed by atoms with van der Waals surface area (Å²) >= 11 is 0. The third-order valence-corrected chi connectivity index (χ3v) is 4.80. The van der Waals surface area contributed by atoms with Crippen molar-refractivity contribution in [2.75, 3.05) is 19.7 Å². The second kappa shape index (κ2) is 7.98. The first-order valence-corrected chi connectivity index (χ1v) is 9.69. The van der Waals surface area contributed by atoms with Gasteiger partial charge in [-0.15, -0.1) is 0 Å². The monoisotopic (exact) mass is 397 g/mol. The zero-order chi connectivity index (χ0) is 20.4. The van der Waals surface area contributed by atoms with Gasteiger partial charge in [0.25, 0.3) is 0 Å². The van der Waals surface area contributed by atoms with Crippen LogP contribution in [0.15, 0.2) is 18.7 Å². The van der Waals surface area contributed by atoms with Gasteiger partial charge >= 0.3 is 6.09 Å². The smallest absolute Gasteiger partial charge is 0.409 e. The number of rotatable bonds is 5. The molecule has 3 aromatic heterocycles. The van der Waals surface area contributed by atoms with Crippen LogP contribution in [0, 0.1) is 6.92 Å². The van der Waals surface area contributed by atoms with Crippen LogP contribution in [-0.4, -0.2) is 66.3 Å². The second-order valence-electron chi connectivity index (χ2n) is 6.72. The van der Waals surface area contributed by atoms with Crippen LogP contribution in [0.25, 0.3) is 22.6 Å². The number of aromatic nitrogens is 6. The molecular formula is C19H23N7O3. The van der Waals surface area contributed by atoms with Gasteiger partial charge in [0, 0.05) is 31.9 Å². The molecule has 0 radical (unpaired) electrons. The fourth-order valence-electron chi connectivity index (χ4n) is 3.39. The molecule has 4 heterocycles. The molecule has 1 fully saturated rings. The van der Waals surface area contributed by atoms with E-state index in [1.807, 2.05) is 18.4 Å². The Hall–Kier alpha value is -3.30. The van der Waals surface area contributed by atoms with Gasteiger partial charge in [0.15, 0.2) is 11.2 Å². The number of likely N-dealkylation sites (tertiary alicyclic amines) is 1. The van der Waals surface area contributed by atoms with Crippen LogP contribution >= 0.6 is 0 Å². The molecule has 1 atom stereocenters. The number of carbonyl (C=O) groups excluding carboxylic acids is 1. The third-order valence-electron chi connectivity index (χ3n) is 4.80. The lowest BCUT2D eigenvalue weighted by atomic mass is 10.3. The zero-order valence-corrected chi connectivity index (χ0v) is 16.7. The van der Waals surface area contributed by atoms with E-state index in [0.717, 1.165) is 5.56 Å². The Morgan fingerprint density at radius 2 is 2.00 bits per heavy atom. The summed E-state index contributed by atoms with van der Waals surface area (Å²) in [6.07, 6.45) is 5.19. The number of hydrogen-bond donors (Lipinski definition) is 0. The lowest BCUT2D eigenvalue weighted by Gasteiger charge is -2.16. The van der Waals surface area contributed by atoms with E-state index >= 15 is 0 Å². The van der Waals surface area contributed by atoms with Gasteiger partial charge in [-0.25, -0.2) is 24.7 Å². The van der Waals surface area contributed by atoms with Crippen LogP contribution < -0.4 is 4.74 Å². The first-order chi connectivity index (χ1) is 14.1. The summed E-state index contributed by atoms with van der Waals surface area (Å²) in [7, 11) is 0. The number of carbonyl (C=O) groups is 1. The highest BCUT2D eigenvalue weighted by molar-refractivity contribution is 5.81. The number of hydrogen-bond acceptors (Lipinski definition) is 8. The summed E-state index contributed by atoms with van der Waals surface area (Å²) in [5.41, 5.74) is 2.07. The predicted octanol–water partition coefficient (Wildman–Crippen LogP) is 2.22. The molecular weight excluding hydrogens is 374 g/mol. The number of imidazole rings is 1. The Labute approximate surface area is 167 Å². The maximum atomic E-state index is 11.9. The number of nitrogens with zero attached hydrogens (tertiary/aromatic N) is 7. The number of aryl methyl sites for hydroxylation is 2. The topological polar surface area (TPSA) is 108 Å². The molecule has 0 N–H and O–H groups in total. The Morgan fingerprint density at radius 3 is 2.72 bits per heavy atom. The van der Waals surface area contributed by atoms with Gasteiger partial charge in [0.2, 0.25) is 5.88 Å². The highest BCUT2D eigenvalue weighted by Gasteiger charge is 2.30. The zero-order valence-electron chi connectivity index (χ0n) is 16.7. The molecule has 0 bridgehead atoms. The highest BCUT2D eigenvalue weighted by atomic mass is 16.6.